The van der Waals surface area contributed by atoms with Crippen LogP contribution in [0.5, 0.6) is 0 Å². The molecule has 0 saturated carbocycles. The molecule has 1 heterocycles. The van der Waals surface area contributed by atoms with E-state index >= 15 is 0 Å². The Morgan fingerprint density at radius 3 is 2.67 bits per heavy atom. The lowest BCUT2D eigenvalue weighted by atomic mass is 10.0. The summed E-state index contributed by atoms with van der Waals surface area (Å²) < 4.78 is 23.6. The number of benzene rings is 1. The van der Waals surface area contributed by atoms with Gasteiger partial charge in [-0.3, -0.25) is 0 Å². The van der Waals surface area contributed by atoms with Crippen LogP contribution in [0.1, 0.15) is 40.6 Å². The molecular weight excluding hydrogens is 348 g/mol. The summed E-state index contributed by atoms with van der Waals surface area (Å²) in [5.41, 5.74) is 0.836. The number of rotatable bonds is 8. The van der Waals surface area contributed by atoms with Crippen LogP contribution in [0.25, 0.3) is 0 Å². The van der Waals surface area contributed by atoms with E-state index in [2.05, 4.69) is 5.32 Å². The quantitative estimate of drug-likeness (QED) is 0.663. The monoisotopic (exact) mass is 368 g/mol. The molecule has 0 aliphatic carbocycles. The molecule has 2 aromatic rings. The van der Waals surface area contributed by atoms with Gasteiger partial charge in [0, 0.05) is 17.1 Å². The molecular formula is C16H20N2O4S2. The van der Waals surface area contributed by atoms with Gasteiger partial charge in [0.2, 0.25) is 10.0 Å². The van der Waals surface area contributed by atoms with Crippen molar-refractivity contribution in [3.63, 3.8) is 0 Å². The molecule has 0 aliphatic rings. The summed E-state index contributed by atoms with van der Waals surface area (Å²) in [5.74, 6) is -1.20. The summed E-state index contributed by atoms with van der Waals surface area (Å²) >= 11 is 1.56. The molecule has 0 bridgehead atoms. The zero-order chi connectivity index (χ0) is 17.7. The van der Waals surface area contributed by atoms with E-state index in [4.69, 9.17) is 5.14 Å². The minimum Gasteiger partial charge on any atom is -0.478 e. The highest BCUT2D eigenvalue weighted by atomic mass is 32.2. The van der Waals surface area contributed by atoms with Gasteiger partial charge in [0.1, 0.15) is 0 Å². The Hall–Kier alpha value is -1.90. The topological polar surface area (TPSA) is 109 Å². The number of aryl methyl sites for hydroxylation is 1. The van der Waals surface area contributed by atoms with Gasteiger partial charge in [0.05, 0.1) is 10.5 Å². The predicted octanol–water partition coefficient (Wildman–Crippen LogP) is 3.05. The maximum Gasteiger partial charge on any atom is 0.337 e. The second kappa shape index (κ2) is 7.78. The van der Waals surface area contributed by atoms with Crippen LogP contribution in [0.15, 0.2) is 34.5 Å². The molecule has 0 atom stereocenters. The molecule has 0 fully saturated rings. The molecule has 4 N–H and O–H groups in total. The van der Waals surface area contributed by atoms with Gasteiger partial charge in [-0.05, 0) is 42.0 Å². The van der Waals surface area contributed by atoms with E-state index in [0.717, 1.165) is 23.8 Å². The SMILES string of the molecule is CCCCc1cc(NCc2cccs2)c(C(=O)O)cc1S(N)(=O)=O. The summed E-state index contributed by atoms with van der Waals surface area (Å²) in [6, 6.07) is 6.59. The number of nitrogens with one attached hydrogen (secondary N) is 1. The van der Waals surface area contributed by atoms with Gasteiger partial charge < -0.3 is 10.4 Å². The number of thiophene rings is 1. The van der Waals surface area contributed by atoms with Crippen molar-refractivity contribution in [1.29, 1.82) is 0 Å². The van der Waals surface area contributed by atoms with Gasteiger partial charge in [0.15, 0.2) is 0 Å². The summed E-state index contributed by atoms with van der Waals surface area (Å²) in [6.45, 7) is 2.47. The molecule has 0 spiro atoms. The van der Waals surface area contributed by atoms with Gasteiger partial charge in [-0.25, -0.2) is 18.4 Å². The van der Waals surface area contributed by atoms with Crippen LogP contribution in [-0.2, 0) is 23.0 Å². The first-order chi connectivity index (χ1) is 11.3. The zero-order valence-corrected chi connectivity index (χ0v) is 14.9. The van der Waals surface area contributed by atoms with E-state index in [1.165, 1.54) is 0 Å². The molecule has 6 nitrogen and oxygen atoms in total. The average Bonchev–Trinajstić information content (AvgIpc) is 3.02. The Balaban J connectivity index is 2.45. The number of hydrogen-bond acceptors (Lipinski definition) is 5. The number of carboxylic acids is 1. The number of aromatic carboxylic acids is 1. The Bertz CT molecular complexity index is 815. The van der Waals surface area contributed by atoms with Crippen LogP contribution in [-0.4, -0.2) is 19.5 Å². The second-order valence-corrected chi connectivity index (χ2v) is 7.95. The highest BCUT2D eigenvalue weighted by Gasteiger charge is 2.20. The van der Waals surface area contributed by atoms with Crippen LogP contribution in [0, 0.1) is 0 Å². The van der Waals surface area contributed by atoms with Gasteiger partial charge in [-0.2, -0.15) is 0 Å². The molecule has 2 rings (SSSR count). The Morgan fingerprint density at radius 2 is 2.12 bits per heavy atom. The Kier molecular flexibility index (Phi) is 5.98. The first-order valence-electron chi connectivity index (χ1n) is 7.52. The average molecular weight is 368 g/mol. The Morgan fingerprint density at radius 1 is 1.38 bits per heavy atom. The minimum atomic E-state index is -3.98. The summed E-state index contributed by atoms with van der Waals surface area (Å²) in [6.07, 6.45) is 2.21. The van der Waals surface area contributed by atoms with Crippen molar-refractivity contribution < 1.29 is 18.3 Å². The molecule has 0 unspecified atom stereocenters. The van der Waals surface area contributed by atoms with Crippen molar-refractivity contribution in [3.05, 3.63) is 45.6 Å². The van der Waals surface area contributed by atoms with Crippen LogP contribution in [0.2, 0.25) is 0 Å². The number of unbranched alkanes of at least 4 members (excludes halogenated alkanes) is 1. The lowest BCUT2D eigenvalue weighted by Crippen LogP contribution is -2.17. The van der Waals surface area contributed by atoms with E-state index in [9.17, 15) is 18.3 Å². The largest absolute Gasteiger partial charge is 0.478 e. The second-order valence-electron chi connectivity index (χ2n) is 5.39. The van der Waals surface area contributed by atoms with Gasteiger partial charge in [-0.1, -0.05) is 19.4 Å². The molecule has 1 aromatic carbocycles. The number of nitrogens with two attached hydrogens (primary N) is 1. The summed E-state index contributed by atoms with van der Waals surface area (Å²) in [7, 11) is -3.98. The van der Waals surface area contributed by atoms with Crippen molar-refractivity contribution in [1.82, 2.24) is 0 Å². The van der Waals surface area contributed by atoms with Crippen molar-refractivity contribution >= 4 is 33.0 Å². The van der Waals surface area contributed by atoms with Crippen molar-refractivity contribution in [2.45, 2.75) is 37.6 Å². The summed E-state index contributed by atoms with van der Waals surface area (Å²) in [5, 5.41) is 19.7. The first-order valence-corrected chi connectivity index (χ1v) is 9.94. The number of carbonyl (C=O) groups is 1. The lowest BCUT2D eigenvalue weighted by Gasteiger charge is -2.14. The molecule has 0 amide bonds. The van der Waals surface area contributed by atoms with Gasteiger partial charge in [0.25, 0.3) is 0 Å². The summed E-state index contributed by atoms with van der Waals surface area (Å²) in [4.78, 5) is 12.5. The van der Waals surface area contributed by atoms with Crippen molar-refractivity contribution in [2.24, 2.45) is 5.14 Å². The molecule has 1 aromatic heterocycles. The van der Waals surface area contributed by atoms with Crippen molar-refractivity contribution in [2.75, 3.05) is 5.32 Å². The third-order valence-electron chi connectivity index (χ3n) is 3.57. The normalized spacial score (nSPS) is 11.4. The molecule has 0 saturated heterocycles. The zero-order valence-electron chi connectivity index (χ0n) is 13.3. The van der Waals surface area contributed by atoms with Gasteiger partial charge in [-0.15, -0.1) is 11.3 Å². The fraction of sp³-hybridized carbons (Fsp3) is 0.312. The number of anilines is 1. The van der Waals surface area contributed by atoms with E-state index in [1.54, 1.807) is 17.4 Å². The number of hydrogen-bond donors (Lipinski definition) is 3. The number of primary sulfonamides is 1. The van der Waals surface area contributed by atoms with Crippen LogP contribution < -0.4 is 10.5 Å². The first kappa shape index (κ1) is 18.4. The van der Waals surface area contributed by atoms with Crippen LogP contribution in [0.4, 0.5) is 5.69 Å². The highest BCUT2D eigenvalue weighted by molar-refractivity contribution is 7.89. The number of sulfonamides is 1. The van der Waals surface area contributed by atoms with Gasteiger partial charge >= 0.3 is 5.97 Å². The van der Waals surface area contributed by atoms with E-state index in [1.807, 2.05) is 24.4 Å². The lowest BCUT2D eigenvalue weighted by molar-refractivity contribution is 0.0697. The predicted molar refractivity (Wildman–Crippen MR) is 95.0 cm³/mol. The third kappa shape index (κ3) is 4.56. The minimum absolute atomic E-state index is 0.101. The molecule has 0 aliphatic heterocycles. The fourth-order valence-corrected chi connectivity index (χ4v) is 3.82. The molecule has 8 heteroatoms. The van der Waals surface area contributed by atoms with E-state index in [0.29, 0.717) is 24.2 Å². The molecule has 0 radical (unpaired) electrons. The van der Waals surface area contributed by atoms with E-state index < -0.39 is 16.0 Å². The maximum atomic E-state index is 11.8. The number of carboxylic acid groups (broad SMARTS) is 1. The van der Waals surface area contributed by atoms with E-state index in [-0.39, 0.29) is 10.5 Å². The Labute approximate surface area is 145 Å². The standard InChI is InChI=1S/C16H20N2O4S2/c1-2-3-5-11-8-14(18-10-12-6-4-7-23-12)13(16(19)20)9-15(11)24(17,21)22/h4,6-9,18H,2-3,5,10H2,1H3,(H,19,20)(H2,17,21,22). The third-order valence-corrected chi connectivity index (χ3v) is 5.44. The highest BCUT2D eigenvalue weighted by Crippen LogP contribution is 2.27. The maximum absolute atomic E-state index is 11.8. The molecule has 130 valence electrons. The smallest absolute Gasteiger partial charge is 0.337 e. The van der Waals surface area contributed by atoms with Crippen LogP contribution in [0.3, 0.4) is 0 Å². The van der Waals surface area contributed by atoms with Crippen LogP contribution >= 0.6 is 11.3 Å². The molecule has 24 heavy (non-hydrogen) atoms. The van der Waals surface area contributed by atoms with Crippen molar-refractivity contribution in [3.8, 4) is 0 Å². The fourth-order valence-electron chi connectivity index (χ4n) is 2.37.